The van der Waals surface area contributed by atoms with E-state index in [1.54, 1.807) is 13.8 Å². The average molecular weight is 271 g/mol. The molecule has 0 radical (unpaired) electrons. The number of ether oxygens (including phenoxy) is 1. The van der Waals surface area contributed by atoms with Gasteiger partial charge in [-0.25, -0.2) is 4.79 Å². The zero-order chi connectivity index (χ0) is 14.6. The van der Waals surface area contributed by atoms with E-state index >= 15 is 0 Å². The number of hydrogen-bond acceptors (Lipinski definition) is 4. The molecule has 1 amide bonds. The number of amides is 1. The highest BCUT2D eigenvalue weighted by Gasteiger charge is 2.58. The van der Waals surface area contributed by atoms with Crippen LogP contribution in [0.5, 0.6) is 0 Å². The second kappa shape index (κ2) is 6.04. The molecule has 0 aromatic rings. The smallest absolute Gasteiger partial charge is 0.407 e. The SMILES string of the molecule is CCCCOC(=O)C1(CC)C(=O)CN(C(=O)O)C1C. The van der Waals surface area contributed by atoms with Crippen molar-refractivity contribution in [1.82, 2.24) is 4.90 Å². The highest BCUT2D eigenvalue weighted by Crippen LogP contribution is 2.38. The van der Waals surface area contributed by atoms with Gasteiger partial charge >= 0.3 is 12.1 Å². The fourth-order valence-corrected chi connectivity index (χ4v) is 2.52. The second-order valence-corrected chi connectivity index (χ2v) is 4.82. The molecule has 6 nitrogen and oxygen atoms in total. The number of carbonyl (C=O) groups is 3. The molecule has 1 aliphatic rings. The Morgan fingerprint density at radius 2 is 2.11 bits per heavy atom. The number of ketones is 1. The lowest BCUT2D eigenvalue weighted by molar-refractivity contribution is -0.160. The molecule has 6 heteroatoms. The molecule has 2 unspecified atom stereocenters. The summed E-state index contributed by atoms with van der Waals surface area (Å²) in [6.45, 7) is 5.29. The number of hydrogen-bond donors (Lipinski definition) is 1. The van der Waals surface area contributed by atoms with Gasteiger partial charge in [0.2, 0.25) is 0 Å². The van der Waals surface area contributed by atoms with Crippen molar-refractivity contribution in [1.29, 1.82) is 0 Å². The summed E-state index contributed by atoms with van der Waals surface area (Å²) < 4.78 is 5.15. The normalized spacial score (nSPS) is 26.6. The molecule has 19 heavy (non-hydrogen) atoms. The number of likely N-dealkylation sites (tertiary alicyclic amines) is 1. The molecule has 1 heterocycles. The monoisotopic (exact) mass is 271 g/mol. The number of nitrogens with zero attached hydrogens (tertiary/aromatic N) is 1. The Hall–Kier alpha value is -1.59. The first-order chi connectivity index (χ1) is 8.91. The largest absolute Gasteiger partial charge is 0.465 e. The number of carboxylic acid groups (broad SMARTS) is 1. The van der Waals surface area contributed by atoms with E-state index < -0.39 is 23.5 Å². The van der Waals surface area contributed by atoms with Crippen molar-refractivity contribution in [2.24, 2.45) is 5.41 Å². The van der Waals surface area contributed by atoms with Crippen LogP contribution in [0.1, 0.15) is 40.0 Å². The molecule has 108 valence electrons. The van der Waals surface area contributed by atoms with Crippen LogP contribution in [0.4, 0.5) is 4.79 Å². The molecule has 0 aromatic carbocycles. The summed E-state index contributed by atoms with van der Waals surface area (Å²) in [6, 6.07) is -0.684. The summed E-state index contributed by atoms with van der Waals surface area (Å²) in [4.78, 5) is 36.4. The quantitative estimate of drug-likeness (QED) is 0.467. The minimum atomic E-state index is -1.34. The van der Waals surface area contributed by atoms with E-state index in [0.717, 1.165) is 17.7 Å². The molecule has 0 aliphatic carbocycles. The number of unbranched alkanes of at least 4 members (excludes halogenated alkanes) is 1. The molecule has 1 saturated heterocycles. The molecule has 1 fully saturated rings. The molecule has 0 bridgehead atoms. The van der Waals surface area contributed by atoms with E-state index in [1.807, 2.05) is 6.92 Å². The molecular weight excluding hydrogens is 250 g/mol. The number of rotatable bonds is 5. The summed E-state index contributed by atoms with van der Waals surface area (Å²) >= 11 is 0. The Morgan fingerprint density at radius 3 is 2.53 bits per heavy atom. The Balaban J connectivity index is 2.93. The molecule has 0 spiro atoms. The van der Waals surface area contributed by atoms with Crippen LogP contribution >= 0.6 is 0 Å². The van der Waals surface area contributed by atoms with Gasteiger partial charge < -0.3 is 9.84 Å². The maximum atomic E-state index is 12.2. The lowest BCUT2D eigenvalue weighted by Gasteiger charge is -2.30. The van der Waals surface area contributed by atoms with Crippen molar-refractivity contribution >= 4 is 17.8 Å². The maximum absolute atomic E-state index is 12.2. The lowest BCUT2D eigenvalue weighted by Crippen LogP contribution is -2.47. The van der Waals surface area contributed by atoms with Crippen LogP contribution in [-0.4, -0.2) is 47.0 Å². The van der Waals surface area contributed by atoms with E-state index in [4.69, 9.17) is 9.84 Å². The van der Waals surface area contributed by atoms with E-state index in [-0.39, 0.29) is 25.4 Å². The minimum Gasteiger partial charge on any atom is -0.465 e. The van der Waals surface area contributed by atoms with Crippen LogP contribution in [0.25, 0.3) is 0 Å². The molecular formula is C13H21NO5. The standard InChI is InChI=1S/C13H21NO5/c1-4-6-7-19-11(16)13(5-2)9(3)14(12(17)18)8-10(13)15/h9H,4-8H2,1-3H3,(H,17,18). The van der Waals surface area contributed by atoms with Gasteiger partial charge in [-0.05, 0) is 19.8 Å². The first-order valence-corrected chi connectivity index (χ1v) is 6.61. The maximum Gasteiger partial charge on any atom is 0.407 e. The third-order valence-electron chi connectivity index (χ3n) is 3.89. The van der Waals surface area contributed by atoms with Gasteiger partial charge in [0.25, 0.3) is 0 Å². The molecule has 0 aromatic heterocycles. The zero-order valence-corrected chi connectivity index (χ0v) is 11.6. The number of esters is 1. The second-order valence-electron chi connectivity index (χ2n) is 4.82. The predicted octanol–water partition coefficient (Wildman–Crippen LogP) is 1.68. The third-order valence-corrected chi connectivity index (χ3v) is 3.89. The van der Waals surface area contributed by atoms with Crippen LogP contribution in [0.3, 0.4) is 0 Å². The molecule has 0 saturated carbocycles. The van der Waals surface area contributed by atoms with Crippen molar-refractivity contribution in [3.63, 3.8) is 0 Å². The Labute approximate surface area is 112 Å². The fraction of sp³-hybridized carbons (Fsp3) is 0.769. The average Bonchev–Trinajstić information content (AvgIpc) is 2.62. The minimum absolute atomic E-state index is 0.243. The Kier molecular flexibility index (Phi) is 4.91. The van der Waals surface area contributed by atoms with E-state index in [1.165, 1.54) is 0 Å². The highest BCUT2D eigenvalue weighted by molar-refractivity contribution is 6.08. The number of Topliss-reactive ketones (excluding diaryl/α,β-unsaturated/α-hetero) is 1. The van der Waals surface area contributed by atoms with Crippen molar-refractivity contribution in [3.8, 4) is 0 Å². The van der Waals surface area contributed by atoms with Gasteiger partial charge in [0.05, 0.1) is 19.2 Å². The van der Waals surface area contributed by atoms with Crippen molar-refractivity contribution in [2.75, 3.05) is 13.2 Å². The summed E-state index contributed by atoms with van der Waals surface area (Å²) in [7, 11) is 0. The summed E-state index contributed by atoms with van der Waals surface area (Å²) in [6.07, 6.45) is 0.688. The summed E-state index contributed by atoms with van der Waals surface area (Å²) in [5, 5.41) is 9.05. The molecule has 1 N–H and O–H groups in total. The zero-order valence-electron chi connectivity index (χ0n) is 11.6. The molecule has 1 aliphatic heterocycles. The van der Waals surface area contributed by atoms with Crippen molar-refractivity contribution < 1.29 is 24.2 Å². The molecule has 2 atom stereocenters. The van der Waals surface area contributed by atoms with Gasteiger partial charge in [-0.1, -0.05) is 20.3 Å². The highest BCUT2D eigenvalue weighted by atomic mass is 16.5. The topological polar surface area (TPSA) is 83.9 Å². The van der Waals surface area contributed by atoms with Crippen molar-refractivity contribution in [3.05, 3.63) is 0 Å². The van der Waals surface area contributed by atoms with Crippen LogP contribution in [0.15, 0.2) is 0 Å². The van der Waals surface area contributed by atoms with Crippen LogP contribution in [0, 0.1) is 5.41 Å². The van der Waals surface area contributed by atoms with Gasteiger partial charge in [0, 0.05) is 0 Å². The van der Waals surface area contributed by atoms with Gasteiger partial charge in [0.1, 0.15) is 5.41 Å². The Bertz CT molecular complexity index is 381. The van der Waals surface area contributed by atoms with E-state index in [9.17, 15) is 14.4 Å². The summed E-state index contributed by atoms with van der Waals surface area (Å²) in [5.74, 6) is -0.962. The number of carbonyl (C=O) groups excluding carboxylic acids is 2. The lowest BCUT2D eigenvalue weighted by atomic mass is 9.77. The van der Waals surface area contributed by atoms with Gasteiger partial charge in [-0.2, -0.15) is 0 Å². The predicted molar refractivity (Wildman–Crippen MR) is 67.8 cm³/mol. The van der Waals surface area contributed by atoms with Gasteiger partial charge in [-0.15, -0.1) is 0 Å². The van der Waals surface area contributed by atoms with Crippen LogP contribution in [-0.2, 0) is 14.3 Å². The first-order valence-electron chi connectivity index (χ1n) is 6.61. The van der Waals surface area contributed by atoms with Gasteiger partial charge in [0.15, 0.2) is 5.78 Å². The summed E-state index contributed by atoms with van der Waals surface area (Å²) in [5.41, 5.74) is -1.34. The molecule has 1 rings (SSSR count). The van der Waals surface area contributed by atoms with Crippen LogP contribution < -0.4 is 0 Å². The fourth-order valence-electron chi connectivity index (χ4n) is 2.52. The first kappa shape index (κ1) is 15.5. The van der Waals surface area contributed by atoms with E-state index in [2.05, 4.69) is 0 Å². The van der Waals surface area contributed by atoms with Crippen molar-refractivity contribution in [2.45, 2.75) is 46.1 Å². The third kappa shape index (κ3) is 2.57. The van der Waals surface area contributed by atoms with Gasteiger partial charge in [-0.3, -0.25) is 14.5 Å². The van der Waals surface area contributed by atoms with Crippen LogP contribution in [0.2, 0.25) is 0 Å². The Morgan fingerprint density at radius 1 is 1.47 bits per heavy atom. The van der Waals surface area contributed by atoms with E-state index in [0.29, 0.717) is 0 Å².